The zero-order chi connectivity index (χ0) is 12.2. The Labute approximate surface area is 101 Å². The van der Waals surface area contributed by atoms with Crippen LogP contribution in [0.1, 0.15) is 40.5 Å². The summed E-state index contributed by atoms with van der Waals surface area (Å²) < 4.78 is 0. The maximum atomic E-state index is 5.58. The maximum Gasteiger partial charge on any atom is 0.0166 e. The molecule has 0 saturated heterocycles. The molecule has 1 aliphatic heterocycles. The molecule has 0 spiro atoms. The fraction of sp³-hybridized carbons (Fsp3) is 0.857. The molecule has 1 unspecified atom stereocenters. The standard InChI is InChI=1S/C14H28N2/c1-12(5-8-15)11-16-9-6-13(7-10-16)14(2,3)4/h6,12H,5,7-11,15H2,1-4H3. The van der Waals surface area contributed by atoms with Gasteiger partial charge in [-0.05, 0) is 30.7 Å². The van der Waals surface area contributed by atoms with Crippen molar-refractivity contribution >= 4 is 0 Å². The molecule has 0 aromatic carbocycles. The summed E-state index contributed by atoms with van der Waals surface area (Å²) in [7, 11) is 0. The van der Waals surface area contributed by atoms with Crippen LogP contribution in [0.2, 0.25) is 0 Å². The van der Waals surface area contributed by atoms with Crippen molar-refractivity contribution in [1.29, 1.82) is 0 Å². The molecule has 2 nitrogen and oxygen atoms in total. The number of nitrogens with two attached hydrogens (primary N) is 1. The van der Waals surface area contributed by atoms with Crippen molar-refractivity contribution in [1.82, 2.24) is 4.90 Å². The number of nitrogens with zero attached hydrogens (tertiary/aromatic N) is 1. The Kier molecular flexibility index (Phi) is 5.00. The number of hydrogen-bond donors (Lipinski definition) is 1. The van der Waals surface area contributed by atoms with Crippen molar-refractivity contribution < 1.29 is 0 Å². The van der Waals surface area contributed by atoms with Crippen LogP contribution in [0.4, 0.5) is 0 Å². The first kappa shape index (κ1) is 13.7. The monoisotopic (exact) mass is 224 g/mol. The van der Waals surface area contributed by atoms with Gasteiger partial charge in [-0.3, -0.25) is 4.90 Å². The first-order chi connectivity index (χ1) is 7.43. The van der Waals surface area contributed by atoms with E-state index < -0.39 is 0 Å². The van der Waals surface area contributed by atoms with Gasteiger partial charge in [-0.15, -0.1) is 0 Å². The summed E-state index contributed by atoms with van der Waals surface area (Å²) in [5.74, 6) is 0.731. The third kappa shape index (κ3) is 4.26. The average Bonchev–Trinajstić information content (AvgIpc) is 2.17. The molecule has 0 bridgehead atoms. The van der Waals surface area contributed by atoms with Gasteiger partial charge in [0, 0.05) is 19.6 Å². The summed E-state index contributed by atoms with van der Waals surface area (Å²) in [6, 6.07) is 0. The summed E-state index contributed by atoms with van der Waals surface area (Å²) in [6.07, 6.45) is 4.81. The quantitative estimate of drug-likeness (QED) is 0.744. The molecular weight excluding hydrogens is 196 g/mol. The molecule has 1 rings (SSSR count). The Morgan fingerprint density at radius 2 is 2.12 bits per heavy atom. The summed E-state index contributed by atoms with van der Waals surface area (Å²) in [6.45, 7) is 13.6. The number of rotatable bonds is 4. The molecule has 1 aliphatic rings. The predicted molar refractivity (Wildman–Crippen MR) is 71.4 cm³/mol. The topological polar surface area (TPSA) is 29.3 Å². The minimum Gasteiger partial charge on any atom is -0.330 e. The van der Waals surface area contributed by atoms with Gasteiger partial charge in [-0.2, -0.15) is 0 Å². The first-order valence-electron chi connectivity index (χ1n) is 6.55. The molecule has 0 saturated carbocycles. The second kappa shape index (κ2) is 5.83. The van der Waals surface area contributed by atoms with Gasteiger partial charge in [0.2, 0.25) is 0 Å². The molecular formula is C14H28N2. The van der Waals surface area contributed by atoms with Crippen LogP contribution in [-0.4, -0.2) is 31.1 Å². The lowest BCUT2D eigenvalue weighted by Gasteiger charge is -2.33. The molecule has 0 fully saturated rings. The van der Waals surface area contributed by atoms with E-state index in [1.54, 1.807) is 5.57 Å². The van der Waals surface area contributed by atoms with Crippen LogP contribution in [0.15, 0.2) is 11.6 Å². The normalized spacial score (nSPS) is 20.7. The Morgan fingerprint density at radius 1 is 1.44 bits per heavy atom. The van der Waals surface area contributed by atoms with Crippen molar-refractivity contribution in [2.45, 2.75) is 40.5 Å². The minimum atomic E-state index is 0.356. The first-order valence-corrected chi connectivity index (χ1v) is 6.55. The van der Waals surface area contributed by atoms with Crippen LogP contribution >= 0.6 is 0 Å². The van der Waals surface area contributed by atoms with E-state index in [0.29, 0.717) is 5.41 Å². The average molecular weight is 224 g/mol. The predicted octanol–water partition coefficient (Wildman–Crippen LogP) is 2.65. The summed E-state index contributed by atoms with van der Waals surface area (Å²) in [5, 5.41) is 0. The zero-order valence-corrected chi connectivity index (χ0v) is 11.4. The smallest absolute Gasteiger partial charge is 0.0166 e. The molecule has 0 aliphatic carbocycles. The second-order valence-corrected chi connectivity index (χ2v) is 6.17. The van der Waals surface area contributed by atoms with Crippen LogP contribution in [-0.2, 0) is 0 Å². The van der Waals surface area contributed by atoms with Gasteiger partial charge >= 0.3 is 0 Å². The molecule has 0 amide bonds. The molecule has 2 heteroatoms. The van der Waals surface area contributed by atoms with E-state index in [-0.39, 0.29) is 0 Å². The summed E-state index contributed by atoms with van der Waals surface area (Å²) in [5.41, 5.74) is 7.56. The second-order valence-electron chi connectivity index (χ2n) is 6.17. The molecule has 0 aromatic heterocycles. The third-order valence-corrected chi connectivity index (χ3v) is 3.49. The molecule has 94 valence electrons. The van der Waals surface area contributed by atoms with Gasteiger partial charge in [0.15, 0.2) is 0 Å². The van der Waals surface area contributed by atoms with Gasteiger partial charge in [-0.25, -0.2) is 0 Å². The molecule has 0 radical (unpaired) electrons. The van der Waals surface area contributed by atoms with Crippen LogP contribution in [0.25, 0.3) is 0 Å². The highest BCUT2D eigenvalue weighted by Gasteiger charge is 2.21. The van der Waals surface area contributed by atoms with Crippen molar-refractivity contribution in [3.05, 3.63) is 11.6 Å². The highest BCUT2D eigenvalue weighted by molar-refractivity contribution is 5.14. The minimum absolute atomic E-state index is 0.356. The van der Waals surface area contributed by atoms with Crippen LogP contribution in [0.3, 0.4) is 0 Å². The summed E-state index contributed by atoms with van der Waals surface area (Å²) in [4.78, 5) is 2.55. The SMILES string of the molecule is CC(CCN)CN1CC=C(C(C)(C)C)CC1. The van der Waals surface area contributed by atoms with E-state index in [9.17, 15) is 0 Å². The highest BCUT2D eigenvalue weighted by atomic mass is 15.1. The van der Waals surface area contributed by atoms with Crippen molar-refractivity contribution in [2.75, 3.05) is 26.2 Å². The lowest BCUT2D eigenvalue weighted by molar-refractivity contribution is 0.239. The van der Waals surface area contributed by atoms with Gasteiger partial charge in [0.25, 0.3) is 0 Å². The lowest BCUT2D eigenvalue weighted by atomic mass is 9.83. The van der Waals surface area contributed by atoms with Gasteiger partial charge in [-0.1, -0.05) is 39.3 Å². The fourth-order valence-electron chi connectivity index (χ4n) is 2.37. The van der Waals surface area contributed by atoms with Gasteiger partial charge in [0.1, 0.15) is 0 Å². The lowest BCUT2D eigenvalue weighted by Crippen LogP contribution is -2.34. The van der Waals surface area contributed by atoms with E-state index >= 15 is 0 Å². The largest absolute Gasteiger partial charge is 0.330 e. The van der Waals surface area contributed by atoms with Crippen molar-refractivity contribution in [3.8, 4) is 0 Å². The van der Waals surface area contributed by atoms with E-state index in [4.69, 9.17) is 5.73 Å². The molecule has 1 atom stereocenters. The van der Waals surface area contributed by atoms with Gasteiger partial charge < -0.3 is 5.73 Å². The highest BCUT2D eigenvalue weighted by Crippen LogP contribution is 2.30. The molecule has 2 N–H and O–H groups in total. The van der Waals surface area contributed by atoms with Gasteiger partial charge in [0.05, 0.1) is 0 Å². The van der Waals surface area contributed by atoms with E-state index in [1.165, 1.54) is 19.5 Å². The third-order valence-electron chi connectivity index (χ3n) is 3.49. The molecule has 16 heavy (non-hydrogen) atoms. The van der Waals surface area contributed by atoms with Crippen LogP contribution in [0, 0.1) is 11.3 Å². The van der Waals surface area contributed by atoms with E-state index in [2.05, 4.69) is 38.7 Å². The van der Waals surface area contributed by atoms with E-state index in [1.807, 2.05) is 0 Å². The van der Waals surface area contributed by atoms with Crippen molar-refractivity contribution in [2.24, 2.45) is 17.1 Å². The number of hydrogen-bond acceptors (Lipinski definition) is 2. The van der Waals surface area contributed by atoms with Crippen LogP contribution in [0.5, 0.6) is 0 Å². The molecule has 0 aromatic rings. The van der Waals surface area contributed by atoms with Crippen molar-refractivity contribution in [3.63, 3.8) is 0 Å². The Bertz CT molecular complexity index is 238. The Hall–Kier alpha value is -0.340. The zero-order valence-electron chi connectivity index (χ0n) is 11.4. The summed E-state index contributed by atoms with van der Waals surface area (Å²) >= 11 is 0. The fourth-order valence-corrected chi connectivity index (χ4v) is 2.37. The van der Waals surface area contributed by atoms with E-state index in [0.717, 1.165) is 25.4 Å². The maximum absolute atomic E-state index is 5.58. The Balaban J connectivity index is 2.39. The van der Waals surface area contributed by atoms with Crippen LogP contribution < -0.4 is 5.73 Å². The molecule has 1 heterocycles. The Morgan fingerprint density at radius 3 is 2.56 bits per heavy atom.